The number of benzene rings is 1. The molecule has 1 atom stereocenters. The smallest absolute Gasteiger partial charge is 0.244 e. The Labute approximate surface area is 125 Å². The highest BCUT2D eigenvalue weighted by atomic mass is 16.2. The van der Waals surface area contributed by atoms with Crippen LogP contribution < -0.4 is 16.4 Å². The largest absolute Gasteiger partial charge is 0.399 e. The summed E-state index contributed by atoms with van der Waals surface area (Å²) >= 11 is 0. The molecule has 4 N–H and O–H groups in total. The Morgan fingerprint density at radius 1 is 1.24 bits per heavy atom. The van der Waals surface area contributed by atoms with E-state index in [-0.39, 0.29) is 11.8 Å². The highest BCUT2D eigenvalue weighted by molar-refractivity contribution is 5.95. The van der Waals surface area contributed by atoms with Gasteiger partial charge >= 0.3 is 0 Å². The molecule has 0 saturated heterocycles. The summed E-state index contributed by atoms with van der Waals surface area (Å²) in [7, 11) is 1.56. The van der Waals surface area contributed by atoms with Crippen LogP contribution in [0.15, 0.2) is 30.3 Å². The van der Waals surface area contributed by atoms with E-state index in [2.05, 4.69) is 10.6 Å². The van der Waals surface area contributed by atoms with Crippen LogP contribution in [0.1, 0.15) is 25.8 Å². The zero-order valence-electron chi connectivity index (χ0n) is 12.7. The van der Waals surface area contributed by atoms with Crippen molar-refractivity contribution in [2.24, 2.45) is 5.92 Å². The SMILES string of the molecule is CNC(=O)C(CC(C)C)NC(=O)/C=C/c1ccc(N)cc1. The molecule has 1 unspecified atom stereocenters. The van der Waals surface area contributed by atoms with Gasteiger partial charge in [-0.15, -0.1) is 0 Å². The molecule has 5 nitrogen and oxygen atoms in total. The topological polar surface area (TPSA) is 84.2 Å². The van der Waals surface area contributed by atoms with Crippen molar-refractivity contribution < 1.29 is 9.59 Å². The van der Waals surface area contributed by atoms with Gasteiger partial charge in [-0.3, -0.25) is 9.59 Å². The third-order valence-electron chi connectivity index (χ3n) is 2.95. The van der Waals surface area contributed by atoms with E-state index in [1.54, 1.807) is 25.3 Å². The maximum Gasteiger partial charge on any atom is 0.244 e. The van der Waals surface area contributed by atoms with Crippen LogP contribution in [0.25, 0.3) is 6.08 Å². The van der Waals surface area contributed by atoms with Gasteiger partial charge in [0.1, 0.15) is 6.04 Å². The number of hydrogen-bond donors (Lipinski definition) is 3. The molecular weight excluding hydrogens is 266 g/mol. The number of amides is 2. The molecule has 0 bridgehead atoms. The summed E-state index contributed by atoms with van der Waals surface area (Å²) in [5.74, 6) is -0.160. The van der Waals surface area contributed by atoms with E-state index < -0.39 is 6.04 Å². The molecule has 0 heterocycles. The highest BCUT2D eigenvalue weighted by Gasteiger charge is 2.19. The van der Waals surface area contributed by atoms with Crippen molar-refractivity contribution in [1.82, 2.24) is 10.6 Å². The van der Waals surface area contributed by atoms with Crippen LogP contribution in [0.3, 0.4) is 0 Å². The average Bonchev–Trinajstić information content (AvgIpc) is 2.44. The normalized spacial score (nSPS) is 12.4. The first-order valence-electron chi connectivity index (χ1n) is 6.98. The van der Waals surface area contributed by atoms with Gasteiger partial charge in [-0.1, -0.05) is 26.0 Å². The standard InChI is InChI=1S/C16H23N3O2/c1-11(2)10-14(16(21)18-3)19-15(20)9-6-12-4-7-13(17)8-5-12/h4-9,11,14H,10,17H2,1-3H3,(H,18,21)(H,19,20)/b9-6+. The van der Waals surface area contributed by atoms with Gasteiger partial charge < -0.3 is 16.4 Å². The van der Waals surface area contributed by atoms with E-state index >= 15 is 0 Å². The van der Waals surface area contributed by atoms with E-state index in [1.807, 2.05) is 26.0 Å². The van der Waals surface area contributed by atoms with E-state index in [9.17, 15) is 9.59 Å². The van der Waals surface area contributed by atoms with Crippen molar-refractivity contribution in [3.8, 4) is 0 Å². The molecule has 114 valence electrons. The summed E-state index contributed by atoms with van der Waals surface area (Å²) in [6, 6.07) is 6.67. The minimum Gasteiger partial charge on any atom is -0.399 e. The number of nitrogen functional groups attached to an aromatic ring is 1. The van der Waals surface area contributed by atoms with Gasteiger partial charge in [0, 0.05) is 18.8 Å². The minimum atomic E-state index is -0.515. The first kappa shape index (κ1) is 16.8. The van der Waals surface area contributed by atoms with Gasteiger partial charge in [0.15, 0.2) is 0 Å². The molecule has 0 aromatic heterocycles. The number of likely N-dealkylation sites (N-methyl/N-ethyl adjacent to an activating group) is 1. The highest BCUT2D eigenvalue weighted by Crippen LogP contribution is 2.08. The second kappa shape index (κ2) is 8.09. The molecule has 0 radical (unpaired) electrons. The number of nitrogens with two attached hydrogens (primary N) is 1. The van der Waals surface area contributed by atoms with Crippen molar-refractivity contribution in [3.05, 3.63) is 35.9 Å². The fraction of sp³-hybridized carbons (Fsp3) is 0.375. The molecule has 1 rings (SSSR count). The van der Waals surface area contributed by atoms with E-state index in [0.717, 1.165) is 5.56 Å². The average molecular weight is 289 g/mol. The van der Waals surface area contributed by atoms with Gasteiger partial charge in [-0.25, -0.2) is 0 Å². The number of carbonyl (C=O) groups is 2. The van der Waals surface area contributed by atoms with Gasteiger partial charge in [-0.2, -0.15) is 0 Å². The number of hydrogen-bond acceptors (Lipinski definition) is 3. The van der Waals surface area contributed by atoms with Crippen molar-refractivity contribution in [2.45, 2.75) is 26.3 Å². The Hall–Kier alpha value is -2.30. The fourth-order valence-corrected chi connectivity index (χ4v) is 1.88. The first-order valence-corrected chi connectivity index (χ1v) is 6.98. The third-order valence-corrected chi connectivity index (χ3v) is 2.95. The fourth-order valence-electron chi connectivity index (χ4n) is 1.88. The molecule has 2 amide bonds. The Morgan fingerprint density at radius 3 is 2.38 bits per heavy atom. The van der Waals surface area contributed by atoms with Crippen molar-refractivity contribution in [2.75, 3.05) is 12.8 Å². The van der Waals surface area contributed by atoms with Crippen LogP contribution in [-0.2, 0) is 9.59 Å². The van der Waals surface area contributed by atoms with Crippen molar-refractivity contribution >= 4 is 23.6 Å². The van der Waals surface area contributed by atoms with E-state index in [1.165, 1.54) is 6.08 Å². The molecular formula is C16H23N3O2. The number of nitrogens with one attached hydrogen (secondary N) is 2. The Kier molecular flexibility index (Phi) is 6.46. The predicted molar refractivity (Wildman–Crippen MR) is 85.3 cm³/mol. The van der Waals surface area contributed by atoms with Crippen molar-refractivity contribution in [1.29, 1.82) is 0 Å². The quantitative estimate of drug-likeness (QED) is 0.549. The van der Waals surface area contributed by atoms with Crippen LogP contribution in [0.4, 0.5) is 5.69 Å². The van der Waals surface area contributed by atoms with Crippen LogP contribution >= 0.6 is 0 Å². The van der Waals surface area contributed by atoms with Crippen LogP contribution in [-0.4, -0.2) is 24.9 Å². The lowest BCUT2D eigenvalue weighted by Gasteiger charge is -2.18. The molecule has 0 fully saturated rings. The van der Waals surface area contributed by atoms with Crippen LogP contribution in [0.5, 0.6) is 0 Å². The molecule has 1 aromatic carbocycles. The van der Waals surface area contributed by atoms with Gasteiger partial charge in [0.05, 0.1) is 0 Å². The summed E-state index contributed by atoms with van der Waals surface area (Å²) < 4.78 is 0. The number of anilines is 1. The summed E-state index contributed by atoms with van der Waals surface area (Å²) in [5, 5.41) is 5.28. The number of rotatable bonds is 6. The molecule has 1 aromatic rings. The second-order valence-corrected chi connectivity index (χ2v) is 5.30. The maximum atomic E-state index is 11.9. The molecule has 0 aliphatic heterocycles. The lowest BCUT2D eigenvalue weighted by atomic mass is 10.0. The summed E-state index contributed by atoms with van der Waals surface area (Å²) in [6.07, 6.45) is 3.70. The number of carbonyl (C=O) groups excluding carboxylic acids is 2. The summed E-state index contributed by atoms with van der Waals surface area (Å²) in [5.41, 5.74) is 7.14. The predicted octanol–water partition coefficient (Wildman–Crippen LogP) is 1.56. The Morgan fingerprint density at radius 2 is 1.86 bits per heavy atom. The molecule has 0 saturated carbocycles. The minimum absolute atomic E-state index is 0.182. The lowest BCUT2D eigenvalue weighted by molar-refractivity contribution is -0.127. The van der Waals surface area contributed by atoms with Crippen LogP contribution in [0, 0.1) is 5.92 Å². The Balaban J connectivity index is 2.64. The summed E-state index contributed by atoms with van der Waals surface area (Å²) in [6.45, 7) is 4.01. The van der Waals surface area contributed by atoms with Crippen molar-refractivity contribution in [3.63, 3.8) is 0 Å². The zero-order chi connectivity index (χ0) is 15.8. The van der Waals surface area contributed by atoms with Crippen LogP contribution in [0.2, 0.25) is 0 Å². The monoisotopic (exact) mass is 289 g/mol. The molecule has 0 aliphatic carbocycles. The molecule has 21 heavy (non-hydrogen) atoms. The van der Waals surface area contributed by atoms with Gasteiger partial charge in [0.2, 0.25) is 11.8 Å². The van der Waals surface area contributed by atoms with Gasteiger partial charge in [0.25, 0.3) is 0 Å². The Bertz CT molecular complexity index is 507. The first-order chi connectivity index (χ1) is 9.92. The summed E-state index contributed by atoms with van der Waals surface area (Å²) in [4.78, 5) is 23.6. The zero-order valence-corrected chi connectivity index (χ0v) is 12.7. The molecule has 0 aliphatic rings. The van der Waals surface area contributed by atoms with E-state index in [0.29, 0.717) is 18.0 Å². The third kappa shape index (κ3) is 6.12. The lowest BCUT2D eigenvalue weighted by Crippen LogP contribution is -2.45. The molecule has 0 spiro atoms. The van der Waals surface area contributed by atoms with Gasteiger partial charge in [-0.05, 0) is 36.1 Å². The van der Waals surface area contributed by atoms with E-state index in [4.69, 9.17) is 5.73 Å². The maximum absolute atomic E-state index is 11.9. The molecule has 5 heteroatoms. The second-order valence-electron chi connectivity index (χ2n) is 5.30.